The molecular formula is C28H24N4O2S. The third kappa shape index (κ3) is 4.81. The summed E-state index contributed by atoms with van der Waals surface area (Å²) in [5, 5.41) is 6.29. The summed E-state index contributed by atoms with van der Waals surface area (Å²) >= 11 is 1.22. The highest BCUT2D eigenvalue weighted by Gasteiger charge is 2.17. The van der Waals surface area contributed by atoms with Crippen molar-refractivity contribution in [3.05, 3.63) is 107 Å². The first-order valence-electron chi connectivity index (χ1n) is 11.4. The summed E-state index contributed by atoms with van der Waals surface area (Å²) in [6.07, 6.45) is 1.71. The number of pyridine rings is 1. The number of carbonyl (C=O) groups excluding carboxylic acids is 1. The van der Waals surface area contributed by atoms with Gasteiger partial charge in [-0.3, -0.25) is 9.59 Å². The highest BCUT2D eigenvalue weighted by atomic mass is 32.2. The average Bonchev–Trinajstić information content (AvgIpc) is 2.88. The third-order valence-electron chi connectivity index (χ3n) is 5.85. The predicted octanol–water partition coefficient (Wildman–Crippen LogP) is 5.21. The van der Waals surface area contributed by atoms with Gasteiger partial charge in [0.15, 0.2) is 5.16 Å². The van der Waals surface area contributed by atoms with E-state index in [0.29, 0.717) is 21.9 Å². The largest absolute Gasteiger partial charge is 0.349 e. The van der Waals surface area contributed by atoms with Crippen LogP contribution >= 0.6 is 11.8 Å². The van der Waals surface area contributed by atoms with Crippen LogP contribution in [0.2, 0.25) is 0 Å². The van der Waals surface area contributed by atoms with Crippen molar-refractivity contribution < 1.29 is 4.79 Å². The molecule has 35 heavy (non-hydrogen) atoms. The van der Waals surface area contributed by atoms with E-state index in [2.05, 4.69) is 39.6 Å². The summed E-state index contributed by atoms with van der Waals surface area (Å²) in [5.74, 6) is 0.460. The van der Waals surface area contributed by atoms with Gasteiger partial charge in [-0.25, -0.2) is 14.5 Å². The number of thioether (sulfide) groups is 1. The molecule has 1 atom stereocenters. The van der Waals surface area contributed by atoms with Crippen molar-refractivity contribution in [1.29, 1.82) is 0 Å². The lowest BCUT2D eigenvalue weighted by Gasteiger charge is -2.16. The lowest BCUT2D eigenvalue weighted by molar-refractivity contribution is -0.119. The van der Waals surface area contributed by atoms with E-state index >= 15 is 0 Å². The zero-order valence-electron chi connectivity index (χ0n) is 19.4. The molecule has 1 unspecified atom stereocenters. The van der Waals surface area contributed by atoms with E-state index in [1.807, 2.05) is 50.2 Å². The number of rotatable bonds is 6. The minimum absolute atomic E-state index is 0.120. The van der Waals surface area contributed by atoms with Crippen molar-refractivity contribution in [2.75, 3.05) is 5.75 Å². The van der Waals surface area contributed by atoms with Crippen LogP contribution in [0.4, 0.5) is 0 Å². The number of carbonyl (C=O) groups is 1. The minimum Gasteiger partial charge on any atom is -0.349 e. The van der Waals surface area contributed by atoms with Gasteiger partial charge in [-0.15, -0.1) is 0 Å². The van der Waals surface area contributed by atoms with Gasteiger partial charge in [0.2, 0.25) is 5.91 Å². The summed E-state index contributed by atoms with van der Waals surface area (Å²) in [5.41, 5.74) is 2.41. The van der Waals surface area contributed by atoms with E-state index in [9.17, 15) is 9.59 Å². The average molecular weight is 481 g/mol. The van der Waals surface area contributed by atoms with Crippen LogP contribution in [-0.4, -0.2) is 26.2 Å². The Morgan fingerprint density at radius 1 is 1.00 bits per heavy atom. The van der Waals surface area contributed by atoms with Crippen LogP contribution in [0.5, 0.6) is 0 Å². The molecule has 3 aromatic carbocycles. The topological polar surface area (TPSA) is 76.9 Å². The van der Waals surface area contributed by atoms with Crippen LogP contribution in [0.1, 0.15) is 24.1 Å². The highest BCUT2D eigenvalue weighted by molar-refractivity contribution is 7.99. The minimum atomic E-state index is -0.209. The molecule has 0 spiro atoms. The fraction of sp³-hybridized carbons (Fsp3) is 0.143. The van der Waals surface area contributed by atoms with Crippen LogP contribution in [0.15, 0.2) is 95.0 Å². The molecule has 0 bridgehead atoms. The van der Waals surface area contributed by atoms with Gasteiger partial charge in [0.05, 0.1) is 22.7 Å². The number of amides is 1. The van der Waals surface area contributed by atoms with Crippen molar-refractivity contribution in [3.8, 4) is 5.82 Å². The van der Waals surface area contributed by atoms with Crippen LogP contribution in [0.3, 0.4) is 0 Å². The van der Waals surface area contributed by atoms with Gasteiger partial charge < -0.3 is 5.32 Å². The Balaban J connectivity index is 1.38. The Kier molecular flexibility index (Phi) is 6.33. The molecule has 174 valence electrons. The lowest BCUT2D eigenvalue weighted by Crippen LogP contribution is -2.29. The molecule has 0 aliphatic rings. The standard InChI is InChI=1S/C28H24N4O2S/c1-18-11-14-25(29-16-18)32-27(34)23-9-5-6-10-24(23)31-28(32)35-17-26(33)30-19(2)21-13-12-20-7-3-4-8-22(20)15-21/h3-16,19H,17H2,1-2H3,(H,30,33). The van der Waals surface area contributed by atoms with E-state index in [0.717, 1.165) is 21.9 Å². The van der Waals surface area contributed by atoms with Crippen molar-refractivity contribution >= 4 is 39.3 Å². The maximum atomic E-state index is 13.3. The van der Waals surface area contributed by atoms with Crippen molar-refractivity contribution in [3.63, 3.8) is 0 Å². The lowest BCUT2D eigenvalue weighted by atomic mass is 10.0. The Labute approximate surface area is 207 Å². The molecule has 7 heteroatoms. The van der Waals surface area contributed by atoms with Gasteiger partial charge >= 0.3 is 0 Å². The Bertz CT molecular complexity index is 1600. The predicted molar refractivity (Wildman–Crippen MR) is 141 cm³/mol. The number of para-hydroxylation sites is 1. The summed E-state index contributed by atoms with van der Waals surface area (Å²) in [4.78, 5) is 35.3. The zero-order valence-corrected chi connectivity index (χ0v) is 20.3. The number of fused-ring (bicyclic) bond motifs is 2. The second-order valence-electron chi connectivity index (χ2n) is 8.43. The molecule has 0 saturated carbocycles. The molecule has 1 N–H and O–H groups in total. The van der Waals surface area contributed by atoms with Gasteiger partial charge in [0.25, 0.3) is 5.56 Å². The number of nitrogens with one attached hydrogen (secondary N) is 1. The quantitative estimate of drug-likeness (QED) is 0.267. The molecule has 0 radical (unpaired) electrons. The van der Waals surface area contributed by atoms with Gasteiger partial charge in [-0.05, 0) is 60.0 Å². The summed E-state index contributed by atoms with van der Waals surface area (Å²) in [7, 11) is 0. The van der Waals surface area contributed by atoms with E-state index in [1.165, 1.54) is 16.3 Å². The smallest absolute Gasteiger partial charge is 0.267 e. The molecule has 0 saturated heterocycles. The molecule has 2 heterocycles. The highest BCUT2D eigenvalue weighted by Crippen LogP contribution is 2.23. The number of hydrogen-bond donors (Lipinski definition) is 1. The zero-order chi connectivity index (χ0) is 24.4. The van der Waals surface area contributed by atoms with Crippen LogP contribution in [0.25, 0.3) is 27.5 Å². The normalized spacial score (nSPS) is 12.1. The monoisotopic (exact) mass is 480 g/mol. The van der Waals surface area contributed by atoms with Crippen molar-refractivity contribution in [2.45, 2.75) is 25.0 Å². The Hall–Kier alpha value is -3.97. The first kappa shape index (κ1) is 22.8. The van der Waals surface area contributed by atoms with Gasteiger partial charge in [-0.1, -0.05) is 66.4 Å². The summed E-state index contributed by atoms with van der Waals surface area (Å²) in [6.45, 7) is 3.90. The fourth-order valence-electron chi connectivity index (χ4n) is 3.98. The first-order valence-corrected chi connectivity index (χ1v) is 12.3. The molecule has 5 rings (SSSR count). The number of aromatic nitrogens is 3. The van der Waals surface area contributed by atoms with Gasteiger partial charge in [-0.2, -0.15) is 0 Å². The molecule has 6 nitrogen and oxygen atoms in total. The molecule has 1 amide bonds. The van der Waals surface area contributed by atoms with E-state index in [-0.39, 0.29) is 23.3 Å². The molecular weight excluding hydrogens is 456 g/mol. The van der Waals surface area contributed by atoms with E-state index < -0.39 is 0 Å². The molecule has 0 aliphatic heterocycles. The summed E-state index contributed by atoms with van der Waals surface area (Å²) in [6, 6.07) is 25.1. The third-order valence-corrected chi connectivity index (χ3v) is 6.79. The van der Waals surface area contributed by atoms with Gasteiger partial charge in [0.1, 0.15) is 5.82 Å². The van der Waals surface area contributed by atoms with Crippen molar-refractivity contribution in [1.82, 2.24) is 19.9 Å². The number of nitrogens with zero attached hydrogens (tertiary/aromatic N) is 3. The molecule has 0 aliphatic carbocycles. The second kappa shape index (κ2) is 9.72. The number of aryl methyl sites for hydroxylation is 1. The maximum Gasteiger partial charge on any atom is 0.267 e. The van der Waals surface area contributed by atoms with Crippen molar-refractivity contribution in [2.24, 2.45) is 0 Å². The Morgan fingerprint density at radius 3 is 2.57 bits per heavy atom. The number of benzene rings is 3. The number of hydrogen-bond acceptors (Lipinski definition) is 5. The van der Waals surface area contributed by atoms with Crippen LogP contribution < -0.4 is 10.9 Å². The van der Waals surface area contributed by atoms with Gasteiger partial charge in [0, 0.05) is 6.20 Å². The SMILES string of the molecule is Cc1ccc(-n2c(SCC(=O)NC(C)c3ccc4ccccc4c3)nc3ccccc3c2=O)nc1. The summed E-state index contributed by atoms with van der Waals surface area (Å²) < 4.78 is 1.48. The fourth-order valence-corrected chi connectivity index (χ4v) is 4.79. The maximum absolute atomic E-state index is 13.3. The second-order valence-corrected chi connectivity index (χ2v) is 9.37. The molecule has 5 aromatic rings. The van der Waals surface area contributed by atoms with E-state index in [4.69, 9.17) is 0 Å². The molecule has 0 fully saturated rings. The van der Waals surface area contributed by atoms with E-state index in [1.54, 1.807) is 24.4 Å². The Morgan fingerprint density at radius 2 is 1.77 bits per heavy atom. The van der Waals surface area contributed by atoms with Crippen LogP contribution in [-0.2, 0) is 4.79 Å². The first-order chi connectivity index (χ1) is 17.0. The molecule has 2 aromatic heterocycles. The van der Waals surface area contributed by atoms with Crippen LogP contribution in [0, 0.1) is 6.92 Å².